The summed E-state index contributed by atoms with van der Waals surface area (Å²) in [5, 5.41) is 17.3. The van der Waals surface area contributed by atoms with E-state index in [0.717, 1.165) is 10.4 Å². The number of carbonyl (C=O) groups is 2. The molecule has 0 radical (unpaired) electrons. The predicted octanol–water partition coefficient (Wildman–Crippen LogP) is 4.85. The fourth-order valence-electron chi connectivity index (χ4n) is 3.20. The minimum absolute atomic E-state index is 0.0548. The predicted molar refractivity (Wildman–Crippen MR) is 129 cm³/mol. The lowest BCUT2D eigenvalue weighted by atomic mass is 10.1. The van der Waals surface area contributed by atoms with Crippen LogP contribution in [0.2, 0.25) is 0 Å². The zero-order chi connectivity index (χ0) is 22.9. The van der Waals surface area contributed by atoms with Crippen molar-refractivity contribution >= 4 is 57.1 Å². The van der Waals surface area contributed by atoms with Crippen LogP contribution < -0.4 is 0 Å². The molecule has 0 aliphatic carbocycles. The highest BCUT2D eigenvalue weighted by atomic mass is 32.2. The molecule has 1 amide bonds. The number of nitrogens with one attached hydrogen (secondary N) is 1. The van der Waals surface area contributed by atoms with Crippen molar-refractivity contribution in [2.75, 3.05) is 6.61 Å². The van der Waals surface area contributed by atoms with E-state index in [4.69, 9.17) is 14.6 Å². The Hall–Kier alpha value is -3.76. The van der Waals surface area contributed by atoms with E-state index in [1.807, 2.05) is 17.5 Å². The number of furan rings is 1. The Bertz CT molecular complexity index is 1350. The van der Waals surface area contributed by atoms with Crippen molar-refractivity contribution in [3.05, 3.63) is 75.7 Å². The van der Waals surface area contributed by atoms with Crippen LogP contribution >= 0.6 is 23.1 Å². The minimum atomic E-state index is -0.516. The number of benzene rings is 1. The number of ether oxygens (including phenoxy) is 1. The monoisotopic (exact) mass is 476 g/mol. The Kier molecular flexibility index (Phi) is 5.53. The van der Waals surface area contributed by atoms with Gasteiger partial charge in [0.15, 0.2) is 5.84 Å². The van der Waals surface area contributed by atoms with Crippen LogP contribution in [-0.2, 0) is 9.53 Å². The van der Waals surface area contributed by atoms with Crippen LogP contribution in [0.3, 0.4) is 0 Å². The van der Waals surface area contributed by atoms with Gasteiger partial charge >= 0.3 is 5.97 Å². The molecular weight excluding hydrogens is 460 g/mol. The number of thiophene rings is 1. The summed E-state index contributed by atoms with van der Waals surface area (Å²) >= 11 is 2.80. The van der Waals surface area contributed by atoms with Crippen LogP contribution in [0, 0.1) is 5.41 Å². The van der Waals surface area contributed by atoms with Crippen LogP contribution in [0.15, 0.2) is 74.0 Å². The molecule has 2 aliphatic rings. The molecule has 0 fully saturated rings. The van der Waals surface area contributed by atoms with Crippen molar-refractivity contribution in [1.82, 2.24) is 5.01 Å². The Morgan fingerprint density at radius 1 is 1.21 bits per heavy atom. The summed E-state index contributed by atoms with van der Waals surface area (Å²) in [6.07, 6.45) is 1.49. The number of thioether (sulfide) groups is 1. The summed E-state index contributed by atoms with van der Waals surface area (Å²) in [5.74, 6) is 0.0125. The molecule has 0 bridgehead atoms. The molecule has 1 aromatic carbocycles. The highest BCUT2D eigenvalue weighted by Crippen LogP contribution is 2.32. The van der Waals surface area contributed by atoms with Crippen molar-refractivity contribution in [2.24, 2.45) is 10.1 Å². The van der Waals surface area contributed by atoms with Crippen molar-refractivity contribution < 1.29 is 18.7 Å². The quantitative estimate of drug-likeness (QED) is 0.416. The van der Waals surface area contributed by atoms with Gasteiger partial charge < -0.3 is 9.15 Å². The van der Waals surface area contributed by atoms with Gasteiger partial charge in [-0.05, 0) is 60.5 Å². The number of nitrogens with zero attached hydrogens (tertiary/aromatic N) is 3. The molecule has 8 nitrogen and oxygen atoms in total. The van der Waals surface area contributed by atoms with E-state index in [-0.39, 0.29) is 17.4 Å². The molecule has 33 heavy (non-hydrogen) atoms. The normalized spacial score (nSPS) is 16.6. The number of aliphatic imine (C=N–C) groups is 1. The first-order chi connectivity index (χ1) is 16.0. The van der Waals surface area contributed by atoms with Crippen LogP contribution in [0.4, 0.5) is 0 Å². The van der Waals surface area contributed by atoms with E-state index in [0.29, 0.717) is 33.9 Å². The van der Waals surface area contributed by atoms with Crippen molar-refractivity contribution in [2.45, 2.75) is 6.92 Å². The zero-order valence-electron chi connectivity index (χ0n) is 17.3. The Labute approximate surface area is 196 Å². The average molecular weight is 477 g/mol. The Morgan fingerprint density at radius 2 is 2.03 bits per heavy atom. The lowest BCUT2D eigenvalue weighted by Crippen LogP contribution is -2.35. The minimum Gasteiger partial charge on any atom is -0.462 e. The number of esters is 1. The third kappa shape index (κ3) is 4.06. The first kappa shape index (κ1) is 21.1. The first-order valence-electron chi connectivity index (χ1n) is 9.95. The molecule has 10 heteroatoms. The second kappa shape index (κ2) is 8.64. The van der Waals surface area contributed by atoms with Crippen molar-refractivity contribution in [3.63, 3.8) is 0 Å². The Morgan fingerprint density at radius 3 is 2.76 bits per heavy atom. The Balaban J connectivity index is 1.38. The average Bonchev–Trinajstić information content (AvgIpc) is 3.57. The topological polar surface area (TPSA) is 108 Å². The van der Waals surface area contributed by atoms with Crippen LogP contribution in [-0.4, -0.2) is 39.5 Å². The molecule has 2 aliphatic heterocycles. The molecule has 0 saturated carbocycles. The van der Waals surface area contributed by atoms with Gasteiger partial charge in [0.05, 0.1) is 22.6 Å². The maximum absolute atomic E-state index is 12.6. The van der Waals surface area contributed by atoms with Gasteiger partial charge in [-0.3, -0.25) is 10.2 Å². The molecule has 3 aromatic rings. The second-order valence-corrected chi connectivity index (χ2v) is 8.81. The van der Waals surface area contributed by atoms with Gasteiger partial charge in [-0.25, -0.2) is 4.79 Å². The van der Waals surface area contributed by atoms with Gasteiger partial charge in [-0.2, -0.15) is 15.1 Å². The van der Waals surface area contributed by atoms with Gasteiger partial charge in [0.25, 0.3) is 5.91 Å². The van der Waals surface area contributed by atoms with Gasteiger partial charge in [0.2, 0.25) is 5.17 Å². The number of fused-ring (bicyclic) bond motifs is 1. The number of amides is 1. The van der Waals surface area contributed by atoms with E-state index in [9.17, 15) is 9.59 Å². The highest BCUT2D eigenvalue weighted by molar-refractivity contribution is 8.27. The molecule has 0 atom stereocenters. The number of carbonyl (C=O) groups excluding carboxylic acids is 2. The third-order valence-electron chi connectivity index (χ3n) is 4.78. The maximum atomic E-state index is 12.6. The molecule has 1 N–H and O–H groups in total. The zero-order valence-corrected chi connectivity index (χ0v) is 18.9. The third-order valence-corrected chi connectivity index (χ3v) is 6.73. The lowest BCUT2D eigenvalue weighted by Gasteiger charge is -2.19. The van der Waals surface area contributed by atoms with E-state index < -0.39 is 5.91 Å². The highest BCUT2D eigenvalue weighted by Gasteiger charge is 2.36. The molecule has 0 spiro atoms. The smallest absolute Gasteiger partial charge is 0.338 e. The van der Waals surface area contributed by atoms with Gasteiger partial charge in [-0.15, -0.1) is 11.3 Å². The standard InChI is InChI=1S/C23H16N4O4S2/c1-2-30-22(29)14-7-5-13(6-8-14)17-10-9-15(31-17)12-16-19(24)27-23(25-20(16)28)33-21(26-27)18-4-3-11-32-18/h3-12,24H,2H2,1H3. The lowest BCUT2D eigenvalue weighted by molar-refractivity contribution is -0.114. The van der Waals surface area contributed by atoms with Crippen molar-refractivity contribution in [1.29, 1.82) is 5.41 Å². The molecular formula is C23H16N4O4S2. The summed E-state index contributed by atoms with van der Waals surface area (Å²) in [4.78, 5) is 29.5. The largest absolute Gasteiger partial charge is 0.462 e. The SMILES string of the molecule is CCOC(=O)c1ccc(-c2ccc(C=C3C(=N)N4N=C(c5cccs5)SC4=NC3=O)o2)cc1. The maximum Gasteiger partial charge on any atom is 0.338 e. The van der Waals surface area contributed by atoms with Crippen molar-refractivity contribution in [3.8, 4) is 11.3 Å². The number of amidine groups is 2. The molecule has 0 saturated heterocycles. The molecule has 5 rings (SSSR count). The summed E-state index contributed by atoms with van der Waals surface area (Å²) in [6, 6.07) is 14.2. The number of hydrogen-bond acceptors (Lipinski definition) is 8. The summed E-state index contributed by atoms with van der Waals surface area (Å²) in [5.41, 5.74) is 1.31. The van der Waals surface area contributed by atoms with E-state index in [2.05, 4.69) is 10.1 Å². The van der Waals surface area contributed by atoms with Gasteiger partial charge in [0, 0.05) is 5.56 Å². The summed E-state index contributed by atoms with van der Waals surface area (Å²) in [6.45, 7) is 2.07. The van der Waals surface area contributed by atoms with Crippen LogP contribution in [0.5, 0.6) is 0 Å². The molecule has 164 valence electrons. The molecule has 0 unspecified atom stereocenters. The van der Waals surface area contributed by atoms with Crippen LogP contribution in [0.25, 0.3) is 17.4 Å². The van der Waals surface area contributed by atoms with Gasteiger partial charge in [-0.1, -0.05) is 18.2 Å². The number of hydrogen-bond donors (Lipinski definition) is 1. The first-order valence-corrected chi connectivity index (χ1v) is 11.6. The number of rotatable bonds is 5. The van der Waals surface area contributed by atoms with E-state index >= 15 is 0 Å². The van der Waals surface area contributed by atoms with Gasteiger partial charge in [0.1, 0.15) is 16.6 Å². The fraction of sp³-hybridized carbons (Fsp3) is 0.0870. The fourth-order valence-corrected chi connectivity index (χ4v) is 4.89. The van der Waals surface area contributed by atoms with Crippen LogP contribution in [0.1, 0.15) is 27.9 Å². The molecule has 2 aromatic heterocycles. The van der Waals surface area contributed by atoms with E-state index in [1.165, 1.54) is 34.2 Å². The number of hydrazone groups is 1. The van der Waals surface area contributed by atoms with E-state index in [1.54, 1.807) is 43.3 Å². The molecule has 4 heterocycles. The summed E-state index contributed by atoms with van der Waals surface area (Å²) in [7, 11) is 0. The second-order valence-electron chi connectivity index (χ2n) is 6.90. The summed E-state index contributed by atoms with van der Waals surface area (Å²) < 4.78 is 10.9.